The SMILES string of the molecule is COc1ccccc1CN=C(N)N1CCCCCC1.I. The molecule has 4 nitrogen and oxygen atoms in total. The fourth-order valence-electron chi connectivity index (χ4n) is 2.40. The molecule has 20 heavy (non-hydrogen) atoms. The summed E-state index contributed by atoms with van der Waals surface area (Å²) < 4.78 is 5.32. The fraction of sp³-hybridized carbons (Fsp3) is 0.533. The first-order valence-electron chi connectivity index (χ1n) is 6.98. The van der Waals surface area contributed by atoms with E-state index in [4.69, 9.17) is 10.5 Å². The number of hydrogen-bond donors (Lipinski definition) is 1. The number of ether oxygens (including phenoxy) is 1. The van der Waals surface area contributed by atoms with Crippen molar-refractivity contribution in [3.05, 3.63) is 29.8 Å². The quantitative estimate of drug-likeness (QED) is 0.491. The summed E-state index contributed by atoms with van der Waals surface area (Å²) in [5, 5.41) is 0. The minimum atomic E-state index is 0. The van der Waals surface area contributed by atoms with Gasteiger partial charge in [0.15, 0.2) is 5.96 Å². The number of nitrogens with two attached hydrogens (primary N) is 1. The Kier molecular flexibility index (Phi) is 7.72. The summed E-state index contributed by atoms with van der Waals surface area (Å²) in [7, 11) is 1.68. The second kappa shape index (κ2) is 9.05. The Bertz CT molecular complexity index is 429. The molecule has 0 spiro atoms. The van der Waals surface area contributed by atoms with Gasteiger partial charge >= 0.3 is 0 Å². The summed E-state index contributed by atoms with van der Waals surface area (Å²) >= 11 is 0. The number of likely N-dealkylation sites (tertiary alicyclic amines) is 1. The average molecular weight is 389 g/mol. The molecule has 0 amide bonds. The Balaban J connectivity index is 0.00000200. The summed E-state index contributed by atoms with van der Waals surface area (Å²) in [6.45, 7) is 2.63. The van der Waals surface area contributed by atoms with E-state index in [2.05, 4.69) is 9.89 Å². The summed E-state index contributed by atoms with van der Waals surface area (Å²) in [5.74, 6) is 1.53. The van der Waals surface area contributed by atoms with Crippen LogP contribution in [-0.4, -0.2) is 31.1 Å². The molecule has 2 N–H and O–H groups in total. The molecule has 1 aromatic carbocycles. The Morgan fingerprint density at radius 1 is 1.20 bits per heavy atom. The van der Waals surface area contributed by atoms with Gasteiger partial charge in [0.2, 0.25) is 0 Å². The lowest BCUT2D eigenvalue weighted by molar-refractivity contribution is 0.409. The maximum atomic E-state index is 6.09. The van der Waals surface area contributed by atoms with E-state index in [9.17, 15) is 0 Å². The molecule has 0 aromatic heterocycles. The Morgan fingerprint density at radius 2 is 1.85 bits per heavy atom. The molecule has 112 valence electrons. The van der Waals surface area contributed by atoms with E-state index < -0.39 is 0 Å². The minimum Gasteiger partial charge on any atom is -0.496 e. The summed E-state index contributed by atoms with van der Waals surface area (Å²) in [4.78, 5) is 6.71. The number of halogens is 1. The lowest BCUT2D eigenvalue weighted by atomic mass is 10.2. The van der Waals surface area contributed by atoms with Gasteiger partial charge in [-0.3, -0.25) is 0 Å². The molecule has 1 fully saturated rings. The lowest BCUT2D eigenvalue weighted by Gasteiger charge is -2.21. The second-order valence-electron chi connectivity index (χ2n) is 4.89. The molecule has 5 heteroatoms. The van der Waals surface area contributed by atoms with Gasteiger partial charge in [-0.25, -0.2) is 4.99 Å². The van der Waals surface area contributed by atoms with Gasteiger partial charge in [-0.05, 0) is 18.9 Å². The highest BCUT2D eigenvalue weighted by Gasteiger charge is 2.11. The molecule has 1 aliphatic rings. The molecule has 0 radical (unpaired) electrons. The van der Waals surface area contributed by atoms with E-state index in [-0.39, 0.29) is 24.0 Å². The smallest absolute Gasteiger partial charge is 0.191 e. The zero-order valence-corrected chi connectivity index (χ0v) is 14.4. The van der Waals surface area contributed by atoms with E-state index in [1.54, 1.807) is 7.11 Å². The normalized spacial score (nSPS) is 16.2. The van der Waals surface area contributed by atoms with Crippen LogP contribution in [0.3, 0.4) is 0 Å². The number of nitrogens with zero attached hydrogens (tertiary/aromatic N) is 2. The van der Waals surface area contributed by atoms with Crippen molar-refractivity contribution < 1.29 is 4.74 Å². The van der Waals surface area contributed by atoms with Crippen LogP contribution in [0.2, 0.25) is 0 Å². The molecule has 0 unspecified atom stereocenters. The predicted molar refractivity (Wildman–Crippen MR) is 93.8 cm³/mol. The van der Waals surface area contributed by atoms with Gasteiger partial charge in [0.05, 0.1) is 13.7 Å². The van der Waals surface area contributed by atoms with Gasteiger partial charge in [-0.1, -0.05) is 31.0 Å². The van der Waals surface area contributed by atoms with Gasteiger partial charge < -0.3 is 15.4 Å². The maximum absolute atomic E-state index is 6.09. The first-order chi connectivity index (χ1) is 9.31. The zero-order valence-electron chi connectivity index (χ0n) is 12.0. The van der Waals surface area contributed by atoms with Gasteiger partial charge in [0.1, 0.15) is 5.75 Å². The van der Waals surface area contributed by atoms with Crippen molar-refractivity contribution in [3.8, 4) is 5.75 Å². The second-order valence-corrected chi connectivity index (χ2v) is 4.89. The van der Waals surface area contributed by atoms with Crippen LogP contribution >= 0.6 is 24.0 Å². The van der Waals surface area contributed by atoms with Gasteiger partial charge in [0.25, 0.3) is 0 Å². The highest BCUT2D eigenvalue weighted by atomic mass is 127. The number of guanidine groups is 1. The average Bonchev–Trinajstić information content (AvgIpc) is 2.74. The fourth-order valence-corrected chi connectivity index (χ4v) is 2.40. The van der Waals surface area contributed by atoms with Crippen molar-refractivity contribution in [1.29, 1.82) is 0 Å². The van der Waals surface area contributed by atoms with Crippen molar-refractivity contribution in [2.24, 2.45) is 10.7 Å². The number of methoxy groups -OCH3 is 1. The van der Waals surface area contributed by atoms with Gasteiger partial charge in [-0.2, -0.15) is 0 Å². The predicted octanol–water partition coefficient (Wildman–Crippen LogP) is 3.00. The topological polar surface area (TPSA) is 50.9 Å². The van der Waals surface area contributed by atoms with Gasteiger partial charge in [-0.15, -0.1) is 24.0 Å². The van der Waals surface area contributed by atoms with Gasteiger partial charge in [0, 0.05) is 18.7 Å². The maximum Gasteiger partial charge on any atom is 0.191 e. The molecule has 0 bridgehead atoms. The van der Waals surface area contributed by atoms with Crippen LogP contribution in [0, 0.1) is 0 Å². The molecular formula is C15H24IN3O. The Morgan fingerprint density at radius 3 is 2.50 bits per heavy atom. The highest BCUT2D eigenvalue weighted by molar-refractivity contribution is 14.0. The number of rotatable bonds is 3. The molecule has 1 aliphatic heterocycles. The number of benzene rings is 1. The molecule has 2 rings (SSSR count). The minimum absolute atomic E-state index is 0. The molecular weight excluding hydrogens is 365 g/mol. The zero-order chi connectivity index (χ0) is 13.5. The van der Waals surface area contributed by atoms with Crippen LogP contribution in [-0.2, 0) is 6.54 Å². The Hall–Kier alpha value is -0.980. The van der Waals surface area contributed by atoms with Crippen molar-refractivity contribution in [2.45, 2.75) is 32.2 Å². The van der Waals surface area contributed by atoms with Crippen LogP contribution < -0.4 is 10.5 Å². The molecule has 0 atom stereocenters. The molecule has 0 saturated carbocycles. The first-order valence-corrected chi connectivity index (χ1v) is 6.98. The largest absolute Gasteiger partial charge is 0.496 e. The van der Waals surface area contributed by atoms with Crippen molar-refractivity contribution >= 4 is 29.9 Å². The molecule has 1 heterocycles. The van der Waals surface area contributed by atoms with Crippen LogP contribution in [0.25, 0.3) is 0 Å². The first kappa shape index (κ1) is 17.1. The number of para-hydroxylation sites is 1. The number of hydrogen-bond acceptors (Lipinski definition) is 2. The lowest BCUT2D eigenvalue weighted by Crippen LogP contribution is -2.38. The highest BCUT2D eigenvalue weighted by Crippen LogP contribution is 2.18. The summed E-state index contributed by atoms with van der Waals surface area (Å²) in [5.41, 5.74) is 7.16. The van der Waals surface area contributed by atoms with E-state index in [1.807, 2.05) is 24.3 Å². The third-order valence-corrected chi connectivity index (χ3v) is 3.53. The van der Waals surface area contributed by atoms with E-state index in [0.29, 0.717) is 12.5 Å². The molecule has 1 aromatic rings. The van der Waals surface area contributed by atoms with Crippen LogP contribution in [0.1, 0.15) is 31.2 Å². The summed E-state index contributed by atoms with van der Waals surface area (Å²) in [6, 6.07) is 7.94. The van der Waals surface area contributed by atoms with Crippen molar-refractivity contribution in [1.82, 2.24) is 4.90 Å². The Labute approximate surface area is 138 Å². The van der Waals surface area contributed by atoms with E-state index in [1.165, 1.54) is 25.7 Å². The van der Waals surface area contributed by atoms with Crippen molar-refractivity contribution in [3.63, 3.8) is 0 Å². The van der Waals surface area contributed by atoms with Crippen molar-refractivity contribution in [2.75, 3.05) is 20.2 Å². The monoisotopic (exact) mass is 389 g/mol. The van der Waals surface area contributed by atoms with E-state index in [0.717, 1.165) is 24.4 Å². The third-order valence-electron chi connectivity index (χ3n) is 3.53. The standard InChI is InChI=1S/C15H23N3O.HI/c1-19-14-9-5-4-8-13(14)12-17-15(16)18-10-6-2-3-7-11-18;/h4-5,8-9H,2-3,6-7,10-12H2,1H3,(H2,16,17);1H. The molecule has 1 saturated heterocycles. The molecule has 0 aliphatic carbocycles. The third kappa shape index (κ3) is 4.85. The number of aliphatic imine (C=N–C) groups is 1. The van der Waals surface area contributed by atoms with Crippen LogP contribution in [0.15, 0.2) is 29.3 Å². The summed E-state index contributed by atoms with van der Waals surface area (Å²) in [6.07, 6.45) is 5.03. The van der Waals surface area contributed by atoms with Crippen LogP contribution in [0.4, 0.5) is 0 Å². The van der Waals surface area contributed by atoms with E-state index >= 15 is 0 Å². The van der Waals surface area contributed by atoms with Crippen LogP contribution in [0.5, 0.6) is 5.75 Å².